The Morgan fingerprint density at radius 2 is 1.75 bits per heavy atom. The van der Waals surface area contributed by atoms with Crippen LogP contribution in [0.2, 0.25) is 0 Å². The minimum atomic E-state index is -1.46. The van der Waals surface area contributed by atoms with Crippen LogP contribution in [-0.2, 0) is 4.74 Å². The van der Waals surface area contributed by atoms with Gasteiger partial charge in [0.15, 0.2) is 0 Å². The number of rotatable bonds is 1. The lowest BCUT2D eigenvalue weighted by Gasteiger charge is -2.42. The molecule has 0 aromatic carbocycles. The van der Waals surface area contributed by atoms with Crippen molar-refractivity contribution in [3.8, 4) is 0 Å². The molecule has 1 rings (SSSR count). The van der Waals surface area contributed by atoms with Gasteiger partial charge in [-0.2, -0.15) is 0 Å². The zero-order valence-electron chi connectivity index (χ0n) is 6.29. The molecule has 1 heterocycles. The first-order valence-corrected chi connectivity index (χ1v) is 3.59. The molecule has 0 aromatic heterocycles. The molecule has 0 aliphatic carbocycles. The lowest BCUT2D eigenvalue weighted by Crippen LogP contribution is -2.57. The molecular weight excluding hydrogens is 166 g/mol. The minimum absolute atomic E-state index is 0.498. The summed E-state index contributed by atoms with van der Waals surface area (Å²) in [7, 11) is 0. The third-order valence-corrected chi connectivity index (χ3v) is 1.90. The Morgan fingerprint density at radius 1 is 1.17 bits per heavy atom. The molecule has 0 bridgehead atoms. The Balaban J connectivity index is 2.63. The summed E-state index contributed by atoms with van der Waals surface area (Å²) in [6.45, 7) is -0.498. The number of nitrogens with one attached hydrogen (secondary N) is 1. The van der Waals surface area contributed by atoms with E-state index in [1.807, 2.05) is 0 Å². The Hall–Kier alpha value is -0.240. The van der Waals surface area contributed by atoms with Gasteiger partial charge in [-0.15, -0.1) is 0 Å². The van der Waals surface area contributed by atoms with E-state index in [4.69, 9.17) is 26.2 Å². The maximum absolute atomic E-state index is 9.16. The SMILES string of the molecule is [NH-]C1C(O)OC(CO)[C@H](O)[C@@H]1O. The smallest absolute Gasteiger partial charge is 0.141 e. The van der Waals surface area contributed by atoms with Crippen LogP contribution in [0.5, 0.6) is 0 Å². The van der Waals surface area contributed by atoms with Gasteiger partial charge in [-0.3, -0.25) is 0 Å². The number of ether oxygens (including phenoxy) is 1. The van der Waals surface area contributed by atoms with Gasteiger partial charge in [-0.25, -0.2) is 0 Å². The standard InChI is InChI=1S/C6H12NO5/c7-3-5(10)4(9)2(1-8)12-6(3)11/h2-11H,1H2/q-1/t2?,3?,4-,5+,6?/m0/s1. The average molecular weight is 178 g/mol. The van der Waals surface area contributed by atoms with Crippen molar-refractivity contribution >= 4 is 0 Å². The van der Waals surface area contributed by atoms with Gasteiger partial charge in [0, 0.05) is 0 Å². The predicted octanol–water partition coefficient (Wildman–Crippen LogP) is -2.16. The van der Waals surface area contributed by atoms with Crippen molar-refractivity contribution in [1.29, 1.82) is 0 Å². The van der Waals surface area contributed by atoms with Crippen molar-refractivity contribution in [1.82, 2.24) is 0 Å². The Bertz CT molecular complexity index is 150. The van der Waals surface area contributed by atoms with Crippen LogP contribution in [0, 0.1) is 0 Å². The van der Waals surface area contributed by atoms with Crippen LogP contribution in [0.1, 0.15) is 0 Å². The van der Waals surface area contributed by atoms with Crippen LogP contribution in [-0.4, -0.2) is 57.7 Å². The topological polar surface area (TPSA) is 114 Å². The zero-order valence-corrected chi connectivity index (χ0v) is 6.29. The van der Waals surface area contributed by atoms with Gasteiger partial charge in [0.05, 0.1) is 12.7 Å². The summed E-state index contributed by atoms with van der Waals surface area (Å²) in [6.07, 6.45) is -5.18. The molecule has 3 unspecified atom stereocenters. The van der Waals surface area contributed by atoms with Gasteiger partial charge < -0.3 is 30.9 Å². The van der Waals surface area contributed by atoms with Crippen molar-refractivity contribution in [3.05, 3.63) is 5.73 Å². The van der Waals surface area contributed by atoms with E-state index in [1.54, 1.807) is 0 Å². The summed E-state index contributed by atoms with van der Waals surface area (Å²) in [5.41, 5.74) is 7.11. The summed E-state index contributed by atoms with van der Waals surface area (Å²) in [5.74, 6) is 0. The van der Waals surface area contributed by atoms with E-state index in [0.29, 0.717) is 0 Å². The van der Waals surface area contributed by atoms with Crippen LogP contribution in [0.15, 0.2) is 0 Å². The molecule has 1 saturated heterocycles. The molecule has 0 amide bonds. The molecule has 72 valence electrons. The highest BCUT2D eigenvalue weighted by molar-refractivity contribution is 4.96. The van der Waals surface area contributed by atoms with Crippen LogP contribution in [0.3, 0.4) is 0 Å². The van der Waals surface area contributed by atoms with Gasteiger partial charge >= 0.3 is 0 Å². The second kappa shape index (κ2) is 3.65. The van der Waals surface area contributed by atoms with Crippen molar-refractivity contribution in [3.63, 3.8) is 0 Å². The van der Waals surface area contributed by atoms with Gasteiger partial charge in [0.2, 0.25) is 0 Å². The molecule has 0 aromatic rings. The van der Waals surface area contributed by atoms with E-state index >= 15 is 0 Å². The predicted molar refractivity (Wildman–Crippen MR) is 38.1 cm³/mol. The molecule has 5 atom stereocenters. The molecule has 0 spiro atoms. The molecule has 1 aliphatic rings. The van der Waals surface area contributed by atoms with E-state index in [0.717, 1.165) is 0 Å². The molecule has 12 heavy (non-hydrogen) atoms. The molecular formula is C6H12NO5-. The molecule has 6 heteroatoms. The van der Waals surface area contributed by atoms with Gasteiger partial charge in [0.25, 0.3) is 0 Å². The van der Waals surface area contributed by atoms with Crippen molar-refractivity contribution in [2.75, 3.05) is 6.61 Å². The third kappa shape index (κ3) is 1.58. The summed E-state index contributed by atoms with van der Waals surface area (Å²) < 4.78 is 4.64. The van der Waals surface area contributed by atoms with E-state index < -0.39 is 37.3 Å². The minimum Gasteiger partial charge on any atom is -0.668 e. The fourth-order valence-electron chi connectivity index (χ4n) is 1.10. The fourth-order valence-corrected chi connectivity index (χ4v) is 1.10. The van der Waals surface area contributed by atoms with Crippen molar-refractivity contribution in [2.24, 2.45) is 0 Å². The van der Waals surface area contributed by atoms with Gasteiger partial charge in [-0.1, -0.05) is 6.04 Å². The average Bonchev–Trinajstić information content (AvgIpc) is 2.08. The highest BCUT2D eigenvalue weighted by Gasteiger charge is 2.37. The van der Waals surface area contributed by atoms with E-state index in [9.17, 15) is 0 Å². The zero-order chi connectivity index (χ0) is 9.30. The number of hydrogen-bond donors (Lipinski definition) is 4. The lowest BCUT2D eigenvalue weighted by molar-refractivity contribution is -0.242. The fraction of sp³-hybridized carbons (Fsp3) is 1.00. The monoisotopic (exact) mass is 178 g/mol. The Labute approximate surface area is 69.2 Å². The second-order valence-electron chi connectivity index (χ2n) is 2.75. The van der Waals surface area contributed by atoms with Crippen LogP contribution >= 0.6 is 0 Å². The van der Waals surface area contributed by atoms with E-state index in [-0.39, 0.29) is 0 Å². The number of hydrogen-bond acceptors (Lipinski definition) is 5. The highest BCUT2D eigenvalue weighted by Crippen LogP contribution is 2.20. The van der Waals surface area contributed by atoms with Crippen molar-refractivity contribution < 1.29 is 25.2 Å². The first-order chi connectivity index (χ1) is 5.57. The Morgan fingerprint density at radius 3 is 2.25 bits per heavy atom. The summed E-state index contributed by atoms with van der Waals surface area (Å²) in [4.78, 5) is 0. The maximum Gasteiger partial charge on any atom is 0.141 e. The summed E-state index contributed by atoms with van der Waals surface area (Å²) >= 11 is 0. The summed E-state index contributed by atoms with van der Waals surface area (Å²) in [6, 6.07) is -1.29. The maximum atomic E-state index is 9.16. The first kappa shape index (κ1) is 9.85. The van der Waals surface area contributed by atoms with E-state index in [1.165, 1.54) is 0 Å². The molecule has 1 aliphatic heterocycles. The largest absolute Gasteiger partial charge is 0.668 e. The van der Waals surface area contributed by atoms with Crippen LogP contribution < -0.4 is 0 Å². The van der Waals surface area contributed by atoms with Gasteiger partial charge in [-0.05, 0) is 0 Å². The number of aliphatic hydroxyl groups is 4. The van der Waals surface area contributed by atoms with Crippen LogP contribution in [0.4, 0.5) is 0 Å². The van der Waals surface area contributed by atoms with E-state index in [2.05, 4.69) is 4.74 Å². The molecule has 5 N–H and O–H groups in total. The lowest BCUT2D eigenvalue weighted by atomic mass is 9.98. The normalized spacial score (nSPS) is 49.2. The molecule has 1 fully saturated rings. The van der Waals surface area contributed by atoms with Crippen molar-refractivity contribution in [2.45, 2.75) is 30.6 Å². The summed E-state index contributed by atoms with van der Waals surface area (Å²) in [5, 5.41) is 35.9. The molecule has 6 nitrogen and oxygen atoms in total. The van der Waals surface area contributed by atoms with Crippen LogP contribution in [0.25, 0.3) is 5.73 Å². The second-order valence-corrected chi connectivity index (χ2v) is 2.75. The first-order valence-electron chi connectivity index (χ1n) is 3.59. The highest BCUT2D eigenvalue weighted by atomic mass is 16.6. The number of aliphatic hydroxyl groups excluding tert-OH is 4. The third-order valence-electron chi connectivity index (χ3n) is 1.90. The quantitative estimate of drug-likeness (QED) is 0.365. The molecule has 0 radical (unpaired) electrons. The molecule has 0 saturated carbocycles. The Kier molecular flexibility index (Phi) is 2.99. The van der Waals surface area contributed by atoms with Gasteiger partial charge in [0.1, 0.15) is 18.5 Å².